The summed E-state index contributed by atoms with van der Waals surface area (Å²) in [5, 5.41) is 20.1. The van der Waals surface area contributed by atoms with Gasteiger partial charge in [0.25, 0.3) is 0 Å². The van der Waals surface area contributed by atoms with Crippen LogP contribution in [0.3, 0.4) is 0 Å². The lowest BCUT2D eigenvalue weighted by Gasteiger charge is -2.08. The van der Waals surface area contributed by atoms with Crippen molar-refractivity contribution in [1.82, 2.24) is 19.7 Å². The summed E-state index contributed by atoms with van der Waals surface area (Å²) in [4.78, 5) is 4.22. The van der Waals surface area contributed by atoms with Crippen LogP contribution < -0.4 is 5.32 Å². The molecule has 0 bridgehead atoms. The molecule has 0 aliphatic rings. The number of imidazole rings is 1. The van der Waals surface area contributed by atoms with E-state index in [2.05, 4.69) is 38.7 Å². The molecule has 0 aliphatic heterocycles. The van der Waals surface area contributed by atoms with E-state index in [1.165, 1.54) is 5.56 Å². The van der Waals surface area contributed by atoms with E-state index in [0.29, 0.717) is 5.56 Å². The van der Waals surface area contributed by atoms with Gasteiger partial charge in [-0.05, 0) is 30.7 Å². The predicted octanol–water partition coefficient (Wildman–Crippen LogP) is 4.11. The summed E-state index contributed by atoms with van der Waals surface area (Å²) in [7, 11) is 0. The van der Waals surface area contributed by atoms with Crippen LogP contribution in [0, 0.1) is 18.3 Å². The molecular formula is C21H18N6. The van der Waals surface area contributed by atoms with E-state index in [0.717, 1.165) is 35.0 Å². The number of aromatic nitrogens is 4. The normalized spacial score (nSPS) is 10.5. The van der Waals surface area contributed by atoms with E-state index >= 15 is 0 Å². The minimum Gasteiger partial charge on any atom is -0.339 e. The molecule has 0 amide bonds. The maximum absolute atomic E-state index is 9.51. The summed E-state index contributed by atoms with van der Waals surface area (Å²) in [6, 6.07) is 20.1. The third kappa shape index (κ3) is 3.72. The molecule has 0 spiro atoms. The zero-order valence-electron chi connectivity index (χ0n) is 14.8. The molecule has 0 unspecified atom stereocenters. The number of rotatable bonds is 5. The SMILES string of the molecule is Cc1cn(-c2ccc(Nc3cc(Cc4ccccc4)[nH]n3)cc2C#N)cn1. The number of hydrogen-bond donors (Lipinski definition) is 2. The van der Waals surface area contributed by atoms with Crippen LogP contribution in [0.5, 0.6) is 0 Å². The molecular weight excluding hydrogens is 336 g/mol. The van der Waals surface area contributed by atoms with Crippen molar-refractivity contribution < 1.29 is 0 Å². The van der Waals surface area contributed by atoms with Gasteiger partial charge in [-0.1, -0.05) is 30.3 Å². The van der Waals surface area contributed by atoms with Crippen LogP contribution in [-0.4, -0.2) is 19.7 Å². The Hall–Kier alpha value is -3.85. The Morgan fingerprint density at radius 1 is 1.15 bits per heavy atom. The van der Waals surface area contributed by atoms with Crippen molar-refractivity contribution in [1.29, 1.82) is 5.26 Å². The standard InChI is InChI=1S/C21H18N6/c1-15-13-27(14-23-15)20-8-7-18(10-17(20)12-22)24-21-11-19(25-26-21)9-16-5-3-2-4-6-16/h2-8,10-11,13-14H,9H2,1H3,(H2,24,25,26). The van der Waals surface area contributed by atoms with E-state index < -0.39 is 0 Å². The number of aromatic amines is 1. The number of H-pyrrole nitrogens is 1. The highest BCUT2D eigenvalue weighted by molar-refractivity contribution is 5.63. The van der Waals surface area contributed by atoms with Gasteiger partial charge in [-0.25, -0.2) is 4.98 Å². The molecule has 0 fully saturated rings. The summed E-state index contributed by atoms with van der Waals surface area (Å²) in [6.07, 6.45) is 4.40. The zero-order valence-corrected chi connectivity index (χ0v) is 14.8. The fourth-order valence-corrected chi connectivity index (χ4v) is 2.96. The first-order valence-corrected chi connectivity index (χ1v) is 8.61. The van der Waals surface area contributed by atoms with Gasteiger partial charge in [-0.3, -0.25) is 5.10 Å². The molecule has 2 aromatic heterocycles. The number of nitrogens with zero attached hydrogens (tertiary/aromatic N) is 4. The molecule has 0 radical (unpaired) electrons. The molecule has 27 heavy (non-hydrogen) atoms. The smallest absolute Gasteiger partial charge is 0.152 e. The fraction of sp³-hybridized carbons (Fsp3) is 0.0952. The Morgan fingerprint density at radius 3 is 2.74 bits per heavy atom. The molecule has 2 heterocycles. The third-order valence-corrected chi connectivity index (χ3v) is 4.25. The summed E-state index contributed by atoms with van der Waals surface area (Å²) < 4.78 is 1.85. The van der Waals surface area contributed by atoms with Crippen molar-refractivity contribution in [3.8, 4) is 11.8 Å². The molecule has 132 valence electrons. The minimum atomic E-state index is 0.567. The van der Waals surface area contributed by atoms with Gasteiger partial charge in [0.2, 0.25) is 0 Å². The molecule has 2 aromatic carbocycles. The van der Waals surface area contributed by atoms with Crippen LogP contribution in [0.4, 0.5) is 11.5 Å². The average molecular weight is 354 g/mol. The van der Waals surface area contributed by atoms with Crippen LogP contribution in [0.2, 0.25) is 0 Å². The molecule has 6 heteroatoms. The van der Waals surface area contributed by atoms with Gasteiger partial charge in [0, 0.05) is 30.1 Å². The van der Waals surface area contributed by atoms with E-state index in [9.17, 15) is 5.26 Å². The second kappa shape index (κ2) is 7.18. The summed E-state index contributed by atoms with van der Waals surface area (Å²) in [5.74, 6) is 0.719. The van der Waals surface area contributed by atoms with Gasteiger partial charge in [-0.2, -0.15) is 10.4 Å². The third-order valence-electron chi connectivity index (χ3n) is 4.25. The van der Waals surface area contributed by atoms with Gasteiger partial charge in [0.15, 0.2) is 5.82 Å². The van der Waals surface area contributed by atoms with Crippen LogP contribution in [0.1, 0.15) is 22.5 Å². The fourth-order valence-electron chi connectivity index (χ4n) is 2.96. The molecule has 4 rings (SSSR count). The molecule has 0 atom stereocenters. The number of hydrogen-bond acceptors (Lipinski definition) is 4. The van der Waals surface area contributed by atoms with Gasteiger partial charge >= 0.3 is 0 Å². The Labute approximate surface area is 157 Å². The highest BCUT2D eigenvalue weighted by Crippen LogP contribution is 2.22. The zero-order chi connectivity index (χ0) is 18.6. The Morgan fingerprint density at radius 2 is 2.00 bits per heavy atom. The summed E-state index contributed by atoms with van der Waals surface area (Å²) >= 11 is 0. The van der Waals surface area contributed by atoms with Crippen molar-refractivity contribution in [2.24, 2.45) is 0 Å². The predicted molar refractivity (Wildman–Crippen MR) is 104 cm³/mol. The topological polar surface area (TPSA) is 82.3 Å². The van der Waals surface area contributed by atoms with Gasteiger partial charge in [0.1, 0.15) is 6.07 Å². The first-order chi connectivity index (χ1) is 13.2. The first-order valence-electron chi connectivity index (χ1n) is 8.61. The second-order valence-electron chi connectivity index (χ2n) is 6.33. The average Bonchev–Trinajstić information content (AvgIpc) is 3.31. The Kier molecular flexibility index (Phi) is 4.42. The van der Waals surface area contributed by atoms with Crippen molar-refractivity contribution in [3.63, 3.8) is 0 Å². The Bertz CT molecular complexity index is 1100. The van der Waals surface area contributed by atoms with E-state index in [4.69, 9.17) is 0 Å². The molecule has 0 aliphatic carbocycles. The lowest BCUT2D eigenvalue weighted by atomic mass is 10.1. The number of benzene rings is 2. The van der Waals surface area contributed by atoms with Crippen molar-refractivity contribution >= 4 is 11.5 Å². The number of aryl methyl sites for hydroxylation is 1. The lowest BCUT2D eigenvalue weighted by molar-refractivity contribution is 0.998. The second-order valence-corrected chi connectivity index (χ2v) is 6.33. The largest absolute Gasteiger partial charge is 0.339 e. The Balaban J connectivity index is 1.52. The van der Waals surface area contributed by atoms with E-state index in [-0.39, 0.29) is 0 Å². The summed E-state index contributed by atoms with van der Waals surface area (Å²) in [5.41, 5.74) is 5.33. The molecule has 4 aromatic rings. The van der Waals surface area contributed by atoms with Gasteiger partial charge < -0.3 is 9.88 Å². The molecule has 0 saturated heterocycles. The highest BCUT2D eigenvalue weighted by atomic mass is 15.2. The minimum absolute atomic E-state index is 0.567. The quantitative estimate of drug-likeness (QED) is 0.565. The van der Waals surface area contributed by atoms with Crippen LogP contribution in [0.25, 0.3) is 5.69 Å². The number of anilines is 2. The molecule has 2 N–H and O–H groups in total. The first kappa shape index (κ1) is 16.6. The van der Waals surface area contributed by atoms with Crippen molar-refractivity contribution in [2.75, 3.05) is 5.32 Å². The molecule has 6 nitrogen and oxygen atoms in total. The van der Waals surface area contributed by atoms with E-state index in [1.54, 1.807) is 6.33 Å². The van der Waals surface area contributed by atoms with E-state index in [1.807, 2.05) is 60.2 Å². The maximum Gasteiger partial charge on any atom is 0.152 e. The molecule has 0 saturated carbocycles. The van der Waals surface area contributed by atoms with Crippen molar-refractivity contribution in [3.05, 3.63) is 89.6 Å². The lowest BCUT2D eigenvalue weighted by Crippen LogP contribution is -1.97. The van der Waals surface area contributed by atoms with Gasteiger partial charge in [0.05, 0.1) is 23.3 Å². The van der Waals surface area contributed by atoms with Crippen LogP contribution >= 0.6 is 0 Å². The van der Waals surface area contributed by atoms with Crippen LogP contribution in [-0.2, 0) is 6.42 Å². The number of nitriles is 1. The monoisotopic (exact) mass is 354 g/mol. The maximum atomic E-state index is 9.51. The highest BCUT2D eigenvalue weighted by Gasteiger charge is 2.08. The van der Waals surface area contributed by atoms with Crippen molar-refractivity contribution in [2.45, 2.75) is 13.3 Å². The van der Waals surface area contributed by atoms with Gasteiger partial charge in [-0.15, -0.1) is 0 Å². The number of nitrogens with one attached hydrogen (secondary N) is 2. The summed E-state index contributed by atoms with van der Waals surface area (Å²) in [6.45, 7) is 1.92. The van der Waals surface area contributed by atoms with Crippen LogP contribution in [0.15, 0.2) is 67.1 Å².